The van der Waals surface area contributed by atoms with Crippen molar-refractivity contribution in [1.82, 2.24) is 19.4 Å². The first-order chi connectivity index (χ1) is 9.95. The lowest BCUT2D eigenvalue weighted by atomic mass is 9.96. The van der Waals surface area contributed by atoms with Crippen molar-refractivity contribution in [2.45, 2.75) is 45.6 Å². The number of aromatic nitrogens is 3. The molecule has 2 aromatic heterocycles. The lowest BCUT2D eigenvalue weighted by Crippen LogP contribution is -2.31. The Morgan fingerprint density at radius 2 is 2.00 bits per heavy atom. The quantitative estimate of drug-likeness (QED) is 0.851. The van der Waals surface area contributed by atoms with E-state index in [2.05, 4.69) is 30.7 Å². The molecule has 21 heavy (non-hydrogen) atoms. The van der Waals surface area contributed by atoms with Crippen molar-refractivity contribution in [2.24, 2.45) is 0 Å². The van der Waals surface area contributed by atoms with E-state index in [0.717, 1.165) is 42.8 Å². The van der Waals surface area contributed by atoms with Crippen LogP contribution in [0.15, 0.2) is 18.5 Å². The summed E-state index contributed by atoms with van der Waals surface area (Å²) >= 11 is 0. The highest BCUT2D eigenvalue weighted by Crippen LogP contribution is 2.21. The molecule has 1 amide bonds. The number of nitrogens with zero attached hydrogens (tertiary/aromatic N) is 4. The van der Waals surface area contributed by atoms with Crippen molar-refractivity contribution in [2.75, 3.05) is 13.1 Å². The van der Waals surface area contributed by atoms with Gasteiger partial charge >= 0.3 is 0 Å². The van der Waals surface area contributed by atoms with Crippen LogP contribution in [-0.2, 0) is 16.8 Å². The fraction of sp³-hybridized carbons (Fsp3) is 0.562. The molecule has 0 atom stereocenters. The molecule has 0 bridgehead atoms. The van der Waals surface area contributed by atoms with E-state index in [1.165, 1.54) is 0 Å². The maximum Gasteiger partial charge on any atom is 0.242 e. The summed E-state index contributed by atoms with van der Waals surface area (Å²) in [5.41, 5.74) is 0.755. The number of amides is 1. The summed E-state index contributed by atoms with van der Waals surface area (Å²) in [6, 6.07) is 1.97. The fourth-order valence-corrected chi connectivity index (χ4v) is 2.67. The predicted molar refractivity (Wildman–Crippen MR) is 82.0 cm³/mol. The van der Waals surface area contributed by atoms with Crippen molar-refractivity contribution in [1.29, 1.82) is 0 Å². The third-order valence-corrected chi connectivity index (χ3v) is 3.94. The van der Waals surface area contributed by atoms with Gasteiger partial charge in [-0.1, -0.05) is 20.8 Å². The van der Waals surface area contributed by atoms with E-state index < -0.39 is 0 Å². The number of likely N-dealkylation sites (tertiary alicyclic amines) is 1. The van der Waals surface area contributed by atoms with Gasteiger partial charge in [0.15, 0.2) is 0 Å². The molecule has 3 rings (SSSR count). The Morgan fingerprint density at radius 1 is 1.29 bits per heavy atom. The van der Waals surface area contributed by atoms with Crippen molar-refractivity contribution in [3.8, 4) is 0 Å². The normalized spacial score (nSPS) is 15.9. The molecule has 1 fully saturated rings. The topological polar surface area (TPSA) is 51.0 Å². The summed E-state index contributed by atoms with van der Waals surface area (Å²) in [4.78, 5) is 23.3. The summed E-state index contributed by atoms with van der Waals surface area (Å²) < 4.78 is 1.94. The molecule has 2 aromatic rings. The van der Waals surface area contributed by atoms with E-state index in [1.807, 2.05) is 27.9 Å². The Hall–Kier alpha value is -1.91. The average Bonchev–Trinajstić information content (AvgIpc) is 3.07. The Kier molecular flexibility index (Phi) is 3.43. The molecule has 1 aliphatic rings. The van der Waals surface area contributed by atoms with Crippen molar-refractivity contribution in [3.05, 3.63) is 24.3 Å². The molecule has 0 N–H and O–H groups in total. The van der Waals surface area contributed by atoms with Gasteiger partial charge in [0.25, 0.3) is 0 Å². The Labute approximate surface area is 125 Å². The van der Waals surface area contributed by atoms with Crippen LogP contribution in [0, 0.1) is 0 Å². The number of rotatable bonds is 2. The molecule has 1 aliphatic heterocycles. The van der Waals surface area contributed by atoms with Gasteiger partial charge < -0.3 is 9.47 Å². The van der Waals surface area contributed by atoms with Crippen LogP contribution in [0.5, 0.6) is 0 Å². The summed E-state index contributed by atoms with van der Waals surface area (Å²) in [7, 11) is 0. The smallest absolute Gasteiger partial charge is 0.242 e. The highest BCUT2D eigenvalue weighted by atomic mass is 16.2. The third-order valence-electron chi connectivity index (χ3n) is 3.94. The van der Waals surface area contributed by atoms with Crippen molar-refractivity contribution >= 4 is 16.9 Å². The average molecular weight is 286 g/mol. The van der Waals surface area contributed by atoms with E-state index in [4.69, 9.17) is 0 Å². The molecule has 5 nitrogen and oxygen atoms in total. The van der Waals surface area contributed by atoms with Crippen LogP contribution in [-0.4, -0.2) is 38.4 Å². The van der Waals surface area contributed by atoms with Gasteiger partial charge in [-0.05, 0) is 18.9 Å². The first kappa shape index (κ1) is 14.0. The number of hydrogen-bond acceptors (Lipinski definition) is 3. The molecule has 0 spiro atoms. The number of hydrogen-bond donors (Lipinski definition) is 0. The Balaban J connectivity index is 1.89. The largest absolute Gasteiger partial charge is 0.341 e. The van der Waals surface area contributed by atoms with Crippen LogP contribution >= 0.6 is 0 Å². The second-order valence-electron chi connectivity index (χ2n) is 6.75. The van der Waals surface area contributed by atoms with Gasteiger partial charge in [0.2, 0.25) is 5.91 Å². The maximum atomic E-state index is 12.3. The molecule has 0 saturated carbocycles. The van der Waals surface area contributed by atoms with Gasteiger partial charge in [-0.25, -0.2) is 9.97 Å². The number of fused-ring (bicyclic) bond motifs is 1. The summed E-state index contributed by atoms with van der Waals surface area (Å²) in [5, 5.41) is 0.984. The first-order valence-corrected chi connectivity index (χ1v) is 7.55. The standard InChI is InChI=1S/C16H22N4O/c1-16(2,3)15-17-10-12-6-9-20(14(12)18-15)11-13(21)19-7-4-5-8-19/h6,9-10H,4-5,7-8,11H2,1-3H3. The zero-order chi connectivity index (χ0) is 15.0. The minimum atomic E-state index is -0.0950. The lowest BCUT2D eigenvalue weighted by Gasteiger charge is -2.17. The van der Waals surface area contributed by atoms with Gasteiger partial charge in [0, 0.05) is 36.3 Å². The molecule has 112 valence electrons. The Morgan fingerprint density at radius 3 is 2.67 bits per heavy atom. The van der Waals surface area contributed by atoms with Crippen LogP contribution in [0.4, 0.5) is 0 Å². The van der Waals surface area contributed by atoms with E-state index >= 15 is 0 Å². The van der Waals surface area contributed by atoms with E-state index in [1.54, 1.807) is 0 Å². The lowest BCUT2D eigenvalue weighted by molar-refractivity contribution is -0.130. The monoisotopic (exact) mass is 286 g/mol. The van der Waals surface area contributed by atoms with Gasteiger partial charge in [-0.2, -0.15) is 0 Å². The summed E-state index contributed by atoms with van der Waals surface area (Å²) in [6.07, 6.45) is 6.02. The number of carbonyl (C=O) groups excluding carboxylic acids is 1. The third kappa shape index (κ3) is 2.77. The maximum absolute atomic E-state index is 12.3. The second-order valence-corrected chi connectivity index (χ2v) is 6.75. The van der Waals surface area contributed by atoms with Gasteiger partial charge in [-0.15, -0.1) is 0 Å². The predicted octanol–water partition coefficient (Wildman–Crippen LogP) is 2.35. The van der Waals surface area contributed by atoms with Crippen LogP contribution in [0.25, 0.3) is 11.0 Å². The molecule has 3 heterocycles. The highest BCUT2D eigenvalue weighted by molar-refractivity contribution is 5.80. The second kappa shape index (κ2) is 5.13. The zero-order valence-corrected chi connectivity index (χ0v) is 13.0. The fourth-order valence-electron chi connectivity index (χ4n) is 2.67. The molecule has 5 heteroatoms. The summed E-state index contributed by atoms with van der Waals surface area (Å²) in [5.74, 6) is 0.990. The summed E-state index contributed by atoms with van der Waals surface area (Å²) in [6.45, 7) is 8.43. The van der Waals surface area contributed by atoms with Crippen molar-refractivity contribution in [3.63, 3.8) is 0 Å². The van der Waals surface area contributed by atoms with Crippen LogP contribution in [0.1, 0.15) is 39.4 Å². The van der Waals surface area contributed by atoms with Gasteiger partial charge in [0.05, 0.1) is 0 Å². The molecule has 0 aliphatic carbocycles. The highest BCUT2D eigenvalue weighted by Gasteiger charge is 2.21. The SMILES string of the molecule is CC(C)(C)c1ncc2ccn(CC(=O)N3CCCC3)c2n1. The van der Waals surface area contributed by atoms with Gasteiger partial charge in [0.1, 0.15) is 18.0 Å². The van der Waals surface area contributed by atoms with E-state index in [-0.39, 0.29) is 11.3 Å². The minimum Gasteiger partial charge on any atom is -0.341 e. The van der Waals surface area contributed by atoms with Crippen molar-refractivity contribution < 1.29 is 4.79 Å². The minimum absolute atomic E-state index is 0.0950. The van der Waals surface area contributed by atoms with Gasteiger partial charge in [-0.3, -0.25) is 4.79 Å². The van der Waals surface area contributed by atoms with E-state index in [0.29, 0.717) is 6.54 Å². The zero-order valence-electron chi connectivity index (χ0n) is 13.0. The molecular weight excluding hydrogens is 264 g/mol. The van der Waals surface area contributed by atoms with Crippen LogP contribution in [0.3, 0.4) is 0 Å². The molecule has 1 saturated heterocycles. The molecule has 0 unspecified atom stereocenters. The van der Waals surface area contributed by atoms with Crippen LogP contribution < -0.4 is 0 Å². The molecule has 0 radical (unpaired) electrons. The number of carbonyl (C=O) groups is 1. The molecule has 0 aromatic carbocycles. The van der Waals surface area contributed by atoms with E-state index in [9.17, 15) is 4.79 Å². The first-order valence-electron chi connectivity index (χ1n) is 7.55. The Bertz CT molecular complexity index is 662. The van der Waals surface area contributed by atoms with Crippen LogP contribution in [0.2, 0.25) is 0 Å². The molecular formula is C16H22N4O.